The molecule has 4 nitrogen and oxygen atoms in total. The van der Waals surface area contributed by atoms with Crippen molar-refractivity contribution >= 4 is 12.4 Å². The zero-order valence-electron chi connectivity index (χ0n) is 21.4. The van der Waals surface area contributed by atoms with E-state index in [1.807, 2.05) is 65.8 Å². The molecule has 0 aliphatic carbocycles. The van der Waals surface area contributed by atoms with Crippen molar-refractivity contribution in [3.05, 3.63) is 97.6 Å². The van der Waals surface area contributed by atoms with Gasteiger partial charge in [0.2, 0.25) is 0 Å². The van der Waals surface area contributed by atoms with Gasteiger partial charge in [0.25, 0.3) is 0 Å². The summed E-state index contributed by atoms with van der Waals surface area (Å²) in [4.78, 5) is 9.08. The van der Waals surface area contributed by atoms with E-state index in [2.05, 4.69) is 36.3 Å². The van der Waals surface area contributed by atoms with E-state index in [1.54, 1.807) is 36.7 Å². The van der Waals surface area contributed by atoms with Gasteiger partial charge in [0.05, 0.1) is 0 Å². The van der Waals surface area contributed by atoms with Gasteiger partial charge in [-0.1, -0.05) is 50.6 Å². The molecule has 0 bridgehead atoms. The van der Waals surface area contributed by atoms with Crippen LogP contribution in [0.5, 0.6) is 0 Å². The lowest BCUT2D eigenvalue weighted by Crippen LogP contribution is -2.19. The van der Waals surface area contributed by atoms with Gasteiger partial charge < -0.3 is 9.47 Å². The second-order valence-corrected chi connectivity index (χ2v) is 9.09. The molecule has 0 saturated carbocycles. The van der Waals surface area contributed by atoms with E-state index < -0.39 is 0 Å². The number of hydrogen-bond donors (Lipinski definition) is 0. The van der Waals surface area contributed by atoms with Gasteiger partial charge in [-0.25, -0.2) is 0 Å². The molecule has 0 amide bonds. The van der Waals surface area contributed by atoms with Crippen LogP contribution in [-0.4, -0.2) is 36.7 Å². The van der Waals surface area contributed by atoms with Crippen LogP contribution in [0.25, 0.3) is 0 Å². The van der Waals surface area contributed by atoms with Crippen molar-refractivity contribution in [2.75, 3.05) is 13.1 Å². The Morgan fingerprint density at radius 3 is 1.30 bits per heavy atom. The Morgan fingerprint density at radius 2 is 1.03 bits per heavy atom. The van der Waals surface area contributed by atoms with Crippen molar-refractivity contribution in [2.24, 2.45) is 9.98 Å². The van der Waals surface area contributed by atoms with E-state index >= 15 is 0 Å². The summed E-state index contributed by atoms with van der Waals surface area (Å²) in [6.07, 6.45) is 18.8. The normalized spacial score (nSPS) is 14.5. The topological polar surface area (TPSA) is 43.2 Å². The third-order valence-electron chi connectivity index (χ3n) is 3.63. The molecule has 0 aromatic heterocycles. The molecule has 4 heteroatoms. The first kappa shape index (κ1) is 29.9. The highest BCUT2D eigenvalue weighted by Gasteiger charge is 2.14. The molecule has 0 heterocycles. The van der Waals surface area contributed by atoms with Crippen LogP contribution in [0.4, 0.5) is 0 Å². The van der Waals surface area contributed by atoms with Crippen molar-refractivity contribution in [1.29, 1.82) is 0 Å². The lowest BCUT2D eigenvalue weighted by molar-refractivity contribution is 0.0589. The Bertz CT molecular complexity index is 766. The second kappa shape index (κ2) is 15.6. The van der Waals surface area contributed by atoms with Gasteiger partial charge in [-0.2, -0.15) is 0 Å². The first-order chi connectivity index (χ1) is 15.5. The molecule has 0 spiro atoms. The molecule has 0 unspecified atom stereocenters. The zero-order chi connectivity index (χ0) is 25.3. The summed E-state index contributed by atoms with van der Waals surface area (Å²) in [5, 5.41) is 0. The van der Waals surface area contributed by atoms with Gasteiger partial charge in [0.15, 0.2) is 0 Å². The standard InChI is InChI=1S/C29H42N2O2/c1-11-15-18-24(26(13-3)32-28(5,6)7)22-30-20-17-21-31-23-25(19-16-12-2)27(14-4)33-29(8,9)10/h11-16,18-19,22-23H,1-4,17,20-21H2,5-10H3/b18-15-,19-16-,26-24-,27-25-,30-22+,31-23+. The molecule has 0 aliphatic heterocycles. The maximum atomic E-state index is 5.99. The number of hydrogen-bond acceptors (Lipinski definition) is 4. The van der Waals surface area contributed by atoms with E-state index in [9.17, 15) is 0 Å². The summed E-state index contributed by atoms with van der Waals surface area (Å²) in [6.45, 7) is 28.4. The monoisotopic (exact) mass is 450 g/mol. The van der Waals surface area contributed by atoms with Crippen molar-refractivity contribution in [3.63, 3.8) is 0 Å². The smallest absolute Gasteiger partial charge is 0.128 e. The summed E-state index contributed by atoms with van der Waals surface area (Å²) in [5.74, 6) is 1.36. The molecular formula is C29H42N2O2. The van der Waals surface area contributed by atoms with Crippen LogP contribution in [0.15, 0.2) is 108 Å². The van der Waals surface area contributed by atoms with E-state index in [0.29, 0.717) is 24.6 Å². The number of rotatable bonds is 14. The number of nitrogens with zero attached hydrogens (tertiary/aromatic N) is 2. The quantitative estimate of drug-likeness (QED) is 0.119. The van der Waals surface area contributed by atoms with Gasteiger partial charge >= 0.3 is 0 Å². The van der Waals surface area contributed by atoms with Gasteiger partial charge in [-0.15, -0.1) is 0 Å². The average molecular weight is 451 g/mol. The summed E-state index contributed by atoms with van der Waals surface area (Å²) in [6, 6.07) is 0. The largest absolute Gasteiger partial charge is 0.487 e. The highest BCUT2D eigenvalue weighted by Crippen LogP contribution is 2.19. The molecule has 0 aliphatic rings. The third-order valence-corrected chi connectivity index (χ3v) is 3.63. The minimum absolute atomic E-state index is 0.328. The van der Waals surface area contributed by atoms with E-state index in [-0.39, 0.29) is 11.2 Å². The van der Waals surface area contributed by atoms with Crippen LogP contribution in [-0.2, 0) is 9.47 Å². The van der Waals surface area contributed by atoms with Gasteiger partial charge in [-0.05, 0) is 72.3 Å². The highest BCUT2D eigenvalue weighted by atomic mass is 16.5. The maximum absolute atomic E-state index is 5.99. The van der Waals surface area contributed by atoms with Crippen molar-refractivity contribution in [3.8, 4) is 0 Å². The molecule has 0 radical (unpaired) electrons. The Hall–Kier alpha value is -3.14. The Kier molecular flexibility index (Phi) is 14.1. The minimum Gasteiger partial charge on any atom is -0.487 e. The van der Waals surface area contributed by atoms with Crippen molar-refractivity contribution in [2.45, 2.75) is 59.2 Å². The lowest BCUT2D eigenvalue weighted by atomic mass is 10.1. The van der Waals surface area contributed by atoms with E-state index in [4.69, 9.17) is 9.47 Å². The Balaban J connectivity index is 5.28. The second-order valence-electron chi connectivity index (χ2n) is 9.09. The third kappa shape index (κ3) is 15.3. The average Bonchev–Trinajstić information content (AvgIpc) is 2.72. The molecule has 33 heavy (non-hydrogen) atoms. The van der Waals surface area contributed by atoms with Crippen molar-refractivity contribution in [1.82, 2.24) is 0 Å². The highest BCUT2D eigenvalue weighted by molar-refractivity contribution is 5.84. The Labute approximate surface area is 201 Å². The summed E-state index contributed by atoms with van der Waals surface area (Å²) >= 11 is 0. The van der Waals surface area contributed by atoms with Crippen molar-refractivity contribution < 1.29 is 9.47 Å². The molecule has 0 atom stereocenters. The van der Waals surface area contributed by atoms with Gasteiger partial charge in [0.1, 0.15) is 22.7 Å². The fourth-order valence-corrected chi connectivity index (χ4v) is 2.40. The molecule has 0 N–H and O–H groups in total. The molecule has 180 valence electrons. The zero-order valence-corrected chi connectivity index (χ0v) is 21.4. The predicted octanol–water partition coefficient (Wildman–Crippen LogP) is 7.51. The van der Waals surface area contributed by atoms with E-state index in [0.717, 1.165) is 17.6 Å². The molecular weight excluding hydrogens is 408 g/mol. The van der Waals surface area contributed by atoms with Crippen LogP contribution in [0.1, 0.15) is 48.0 Å². The molecule has 0 fully saturated rings. The van der Waals surface area contributed by atoms with E-state index in [1.165, 1.54) is 0 Å². The first-order valence-electron chi connectivity index (χ1n) is 11.2. The summed E-state index contributed by atoms with van der Waals surface area (Å²) in [7, 11) is 0. The van der Waals surface area contributed by atoms with Gasteiger partial charge in [-0.3, -0.25) is 9.98 Å². The van der Waals surface area contributed by atoms with Crippen LogP contribution in [0.3, 0.4) is 0 Å². The summed E-state index contributed by atoms with van der Waals surface area (Å²) in [5.41, 5.74) is 1.04. The summed E-state index contributed by atoms with van der Waals surface area (Å²) < 4.78 is 12.0. The molecule has 0 saturated heterocycles. The lowest BCUT2D eigenvalue weighted by Gasteiger charge is -2.22. The minimum atomic E-state index is -0.328. The molecule has 0 aromatic carbocycles. The SMILES string of the molecule is C=C\C=C/C(/C=N/CCC/N=C/C(/C=C\C=C)=C(/C=C)OC(C)(C)C)=C(\C=C)OC(C)(C)C. The number of ether oxygens (including phenoxy) is 2. The Morgan fingerprint density at radius 1 is 0.667 bits per heavy atom. The van der Waals surface area contributed by atoms with Crippen LogP contribution < -0.4 is 0 Å². The van der Waals surface area contributed by atoms with Crippen LogP contribution in [0, 0.1) is 0 Å². The maximum Gasteiger partial charge on any atom is 0.128 e. The molecule has 0 rings (SSSR count). The molecule has 0 aromatic rings. The number of aliphatic imine (C=N–C) groups is 2. The van der Waals surface area contributed by atoms with Crippen LogP contribution in [0.2, 0.25) is 0 Å². The fraction of sp³-hybridized carbons (Fsp3) is 0.379. The number of allylic oxidation sites excluding steroid dienone is 10. The first-order valence-corrected chi connectivity index (χ1v) is 11.2. The van der Waals surface area contributed by atoms with Crippen LogP contribution >= 0.6 is 0 Å². The predicted molar refractivity (Wildman–Crippen MR) is 146 cm³/mol. The van der Waals surface area contributed by atoms with Gasteiger partial charge in [0, 0.05) is 36.7 Å². The fourth-order valence-electron chi connectivity index (χ4n) is 2.40.